The molecule has 0 unspecified atom stereocenters. The first-order valence-electron chi connectivity index (χ1n) is 10.4. The van der Waals surface area contributed by atoms with Crippen molar-refractivity contribution in [2.75, 3.05) is 26.2 Å². The number of carbonyl (C=O) groups is 1. The van der Waals surface area contributed by atoms with Crippen LogP contribution in [0, 0.1) is 12.8 Å². The average molecular weight is 504 g/mol. The Morgan fingerprint density at radius 2 is 1.96 bits per heavy atom. The fourth-order valence-electron chi connectivity index (χ4n) is 3.51. The SMILES string of the molecule is CCNC(=NCCn1cc(C)cn1)NC1CCN(C(=O)C(CC)CC)CC1.I. The van der Waals surface area contributed by atoms with E-state index in [9.17, 15) is 4.79 Å². The van der Waals surface area contributed by atoms with E-state index in [0.29, 0.717) is 18.5 Å². The van der Waals surface area contributed by atoms with Crippen molar-refractivity contribution in [1.82, 2.24) is 25.3 Å². The summed E-state index contributed by atoms with van der Waals surface area (Å²) in [7, 11) is 0. The summed E-state index contributed by atoms with van der Waals surface area (Å²) in [4.78, 5) is 19.2. The number of nitrogens with zero attached hydrogens (tertiary/aromatic N) is 4. The molecule has 0 radical (unpaired) electrons. The summed E-state index contributed by atoms with van der Waals surface area (Å²) in [6.45, 7) is 12.3. The molecule has 1 saturated heterocycles. The molecule has 0 aromatic carbocycles. The van der Waals surface area contributed by atoms with Crippen LogP contribution < -0.4 is 10.6 Å². The van der Waals surface area contributed by atoms with Crippen LogP contribution in [0.3, 0.4) is 0 Å². The van der Waals surface area contributed by atoms with Gasteiger partial charge in [0.2, 0.25) is 5.91 Å². The van der Waals surface area contributed by atoms with Crippen LogP contribution >= 0.6 is 24.0 Å². The van der Waals surface area contributed by atoms with Crippen LogP contribution in [0.4, 0.5) is 0 Å². The highest BCUT2D eigenvalue weighted by Gasteiger charge is 2.26. The van der Waals surface area contributed by atoms with Gasteiger partial charge in [-0.3, -0.25) is 14.5 Å². The number of carbonyl (C=O) groups excluding carboxylic acids is 1. The number of piperidine rings is 1. The van der Waals surface area contributed by atoms with Crippen molar-refractivity contribution < 1.29 is 4.79 Å². The number of nitrogens with one attached hydrogen (secondary N) is 2. The van der Waals surface area contributed by atoms with E-state index in [1.807, 2.05) is 28.9 Å². The van der Waals surface area contributed by atoms with E-state index in [2.05, 4.69) is 41.5 Å². The zero-order valence-corrected chi connectivity index (χ0v) is 20.1. The zero-order valence-electron chi connectivity index (χ0n) is 17.8. The van der Waals surface area contributed by atoms with E-state index in [4.69, 9.17) is 0 Å². The normalized spacial score (nSPS) is 15.5. The Labute approximate surface area is 186 Å². The van der Waals surface area contributed by atoms with Crippen molar-refractivity contribution in [1.29, 1.82) is 0 Å². The minimum absolute atomic E-state index is 0. The molecule has 28 heavy (non-hydrogen) atoms. The highest BCUT2D eigenvalue weighted by Crippen LogP contribution is 2.17. The Morgan fingerprint density at radius 3 is 2.50 bits per heavy atom. The van der Waals surface area contributed by atoms with E-state index in [-0.39, 0.29) is 29.9 Å². The summed E-state index contributed by atoms with van der Waals surface area (Å²) in [5.74, 6) is 1.36. The van der Waals surface area contributed by atoms with E-state index in [1.165, 1.54) is 5.56 Å². The largest absolute Gasteiger partial charge is 0.357 e. The van der Waals surface area contributed by atoms with Crippen LogP contribution in [0.15, 0.2) is 17.4 Å². The molecule has 1 amide bonds. The first kappa shape index (κ1) is 24.7. The zero-order chi connectivity index (χ0) is 19.6. The number of amides is 1. The highest BCUT2D eigenvalue weighted by atomic mass is 127. The predicted octanol–water partition coefficient (Wildman–Crippen LogP) is 2.79. The fraction of sp³-hybridized carbons (Fsp3) is 0.750. The van der Waals surface area contributed by atoms with Crippen LogP contribution in [0.2, 0.25) is 0 Å². The molecule has 7 nitrogen and oxygen atoms in total. The molecule has 1 aromatic rings. The maximum Gasteiger partial charge on any atom is 0.225 e. The number of likely N-dealkylation sites (tertiary alicyclic amines) is 1. The van der Waals surface area contributed by atoms with Crippen LogP contribution in [0.5, 0.6) is 0 Å². The predicted molar refractivity (Wildman–Crippen MR) is 125 cm³/mol. The van der Waals surface area contributed by atoms with E-state index in [0.717, 1.165) is 57.8 Å². The quantitative estimate of drug-likeness (QED) is 0.325. The monoisotopic (exact) mass is 504 g/mol. The average Bonchev–Trinajstić information content (AvgIpc) is 3.08. The molecule has 0 saturated carbocycles. The lowest BCUT2D eigenvalue weighted by molar-refractivity contribution is -0.136. The molecule has 1 aromatic heterocycles. The molecule has 1 aliphatic heterocycles. The minimum atomic E-state index is 0. The van der Waals surface area contributed by atoms with Crippen LogP contribution in [-0.2, 0) is 11.3 Å². The van der Waals surface area contributed by atoms with Gasteiger partial charge in [-0.1, -0.05) is 13.8 Å². The molecule has 2 rings (SSSR count). The highest BCUT2D eigenvalue weighted by molar-refractivity contribution is 14.0. The van der Waals surface area contributed by atoms with Crippen molar-refractivity contribution in [3.05, 3.63) is 18.0 Å². The van der Waals surface area contributed by atoms with Gasteiger partial charge in [0.05, 0.1) is 19.3 Å². The number of rotatable bonds is 8. The third-order valence-electron chi connectivity index (χ3n) is 5.19. The number of aromatic nitrogens is 2. The van der Waals surface area contributed by atoms with Crippen LogP contribution in [0.1, 0.15) is 52.0 Å². The Hall–Kier alpha value is -1.32. The Bertz CT molecular complexity index is 606. The third kappa shape index (κ3) is 7.60. The van der Waals surface area contributed by atoms with Gasteiger partial charge in [-0.15, -0.1) is 24.0 Å². The summed E-state index contributed by atoms with van der Waals surface area (Å²) >= 11 is 0. The number of hydrogen-bond acceptors (Lipinski definition) is 3. The summed E-state index contributed by atoms with van der Waals surface area (Å²) in [5.41, 5.74) is 1.17. The second kappa shape index (κ2) is 13.0. The molecule has 0 bridgehead atoms. The van der Waals surface area contributed by atoms with E-state index < -0.39 is 0 Å². The fourth-order valence-corrected chi connectivity index (χ4v) is 3.51. The molecular formula is C20H37IN6O. The van der Waals surface area contributed by atoms with E-state index >= 15 is 0 Å². The first-order chi connectivity index (χ1) is 13.1. The van der Waals surface area contributed by atoms with Crippen molar-refractivity contribution in [2.45, 2.75) is 66.0 Å². The molecule has 0 aliphatic carbocycles. The first-order valence-corrected chi connectivity index (χ1v) is 10.4. The van der Waals surface area contributed by atoms with Gasteiger partial charge < -0.3 is 15.5 Å². The second-order valence-electron chi connectivity index (χ2n) is 7.30. The van der Waals surface area contributed by atoms with Gasteiger partial charge in [-0.05, 0) is 45.1 Å². The lowest BCUT2D eigenvalue weighted by Gasteiger charge is -2.34. The molecule has 1 fully saturated rings. The number of aliphatic imine (C=N–C) groups is 1. The van der Waals surface area contributed by atoms with Crippen molar-refractivity contribution >= 4 is 35.8 Å². The Balaban J connectivity index is 0.00000392. The van der Waals surface area contributed by atoms with E-state index in [1.54, 1.807) is 0 Å². The summed E-state index contributed by atoms with van der Waals surface area (Å²) in [6.07, 6.45) is 7.69. The van der Waals surface area contributed by atoms with Gasteiger partial charge in [0.15, 0.2) is 5.96 Å². The van der Waals surface area contributed by atoms with Gasteiger partial charge in [0.1, 0.15) is 0 Å². The van der Waals surface area contributed by atoms with Crippen molar-refractivity contribution in [3.8, 4) is 0 Å². The molecule has 0 spiro atoms. The molecule has 160 valence electrons. The van der Waals surface area contributed by atoms with Crippen molar-refractivity contribution in [2.24, 2.45) is 10.9 Å². The maximum absolute atomic E-state index is 12.5. The van der Waals surface area contributed by atoms with Crippen LogP contribution in [0.25, 0.3) is 0 Å². The molecule has 0 atom stereocenters. The molecule has 1 aliphatic rings. The molecule has 8 heteroatoms. The smallest absolute Gasteiger partial charge is 0.225 e. The summed E-state index contributed by atoms with van der Waals surface area (Å²) in [6, 6.07) is 0.362. The number of guanidine groups is 1. The van der Waals surface area contributed by atoms with Gasteiger partial charge in [-0.2, -0.15) is 5.10 Å². The summed E-state index contributed by atoms with van der Waals surface area (Å²) in [5, 5.41) is 11.2. The van der Waals surface area contributed by atoms with Crippen LogP contribution in [-0.4, -0.2) is 58.8 Å². The maximum atomic E-state index is 12.5. The van der Waals surface area contributed by atoms with Gasteiger partial charge in [0, 0.05) is 37.8 Å². The molecular weight excluding hydrogens is 467 g/mol. The lowest BCUT2D eigenvalue weighted by atomic mass is 9.98. The number of hydrogen-bond donors (Lipinski definition) is 2. The Morgan fingerprint density at radius 1 is 1.29 bits per heavy atom. The molecule has 2 N–H and O–H groups in total. The summed E-state index contributed by atoms with van der Waals surface area (Å²) < 4.78 is 1.92. The van der Waals surface area contributed by atoms with Gasteiger partial charge >= 0.3 is 0 Å². The van der Waals surface area contributed by atoms with Gasteiger partial charge in [-0.25, -0.2) is 0 Å². The minimum Gasteiger partial charge on any atom is -0.357 e. The van der Waals surface area contributed by atoms with Crippen molar-refractivity contribution in [3.63, 3.8) is 0 Å². The third-order valence-corrected chi connectivity index (χ3v) is 5.19. The van der Waals surface area contributed by atoms with Gasteiger partial charge in [0.25, 0.3) is 0 Å². The Kier molecular flexibility index (Phi) is 11.5. The lowest BCUT2D eigenvalue weighted by Crippen LogP contribution is -2.50. The standard InChI is InChI=1S/C20H36N6O.HI/c1-5-17(6-2)19(27)25-11-8-18(9-12-25)24-20(21-7-3)22-10-13-26-15-16(4)14-23-26;/h14-15,17-18H,5-13H2,1-4H3,(H2,21,22,24);1H. The second-order valence-corrected chi connectivity index (χ2v) is 7.30. The number of halogens is 1. The molecule has 2 heterocycles. The number of aryl methyl sites for hydroxylation is 1. The topological polar surface area (TPSA) is 74.6 Å².